The summed E-state index contributed by atoms with van der Waals surface area (Å²) in [5.41, 5.74) is -1.01. The predicted octanol–water partition coefficient (Wildman–Crippen LogP) is 3.45. The number of halogens is 3. The van der Waals surface area contributed by atoms with Gasteiger partial charge < -0.3 is 5.32 Å². The number of carbonyl (C=O) groups excluding carboxylic acids is 1. The van der Waals surface area contributed by atoms with E-state index in [0.29, 0.717) is 11.9 Å². The number of rotatable bonds is 4. The van der Waals surface area contributed by atoms with Crippen LogP contribution >= 0.6 is 0 Å². The molecule has 0 atom stereocenters. The smallest absolute Gasteiger partial charge is 0.310 e. The number of aromatic nitrogens is 1. The van der Waals surface area contributed by atoms with E-state index in [1.165, 1.54) is 13.0 Å². The lowest BCUT2D eigenvalue weighted by Crippen LogP contribution is -2.41. The summed E-state index contributed by atoms with van der Waals surface area (Å²) < 4.78 is 66.1. The second-order valence-electron chi connectivity index (χ2n) is 6.86. The van der Waals surface area contributed by atoms with Crippen LogP contribution in [0.5, 0.6) is 0 Å². The number of amides is 1. The van der Waals surface area contributed by atoms with E-state index in [4.69, 9.17) is 0 Å². The molecule has 0 spiro atoms. The quantitative estimate of drug-likeness (QED) is 0.811. The van der Waals surface area contributed by atoms with Crippen LogP contribution in [0.2, 0.25) is 0 Å². The number of hydrogen-bond acceptors (Lipinski definition) is 4. The fraction of sp³-hybridized carbons (Fsp3) is 0.368. The molecular weight excluding hydrogens is 407 g/mol. The van der Waals surface area contributed by atoms with E-state index in [2.05, 4.69) is 10.3 Å². The Labute approximate surface area is 166 Å². The maximum absolute atomic E-state index is 13.1. The number of pyridine rings is 1. The molecule has 1 aromatic heterocycles. The third-order valence-electron chi connectivity index (χ3n) is 4.89. The molecule has 1 aromatic carbocycles. The van der Waals surface area contributed by atoms with E-state index in [-0.39, 0.29) is 37.4 Å². The van der Waals surface area contributed by atoms with Gasteiger partial charge in [-0.15, -0.1) is 0 Å². The zero-order chi connectivity index (χ0) is 21.2. The molecule has 156 valence electrons. The summed E-state index contributed by atoms with van der Waals surface area (Å²) in [6.45, 7) is 1.39. The number of benzene rings is 1. The van der Waals surface area contributed by atoms with Gasteiger partial charge in [-0.25, -0.2) is 13.4 Å². The first kappa shape index (κ1) is 21.3. The summed E-state index contributed by atoms with van der Waals surface area (Å²) in [5.74, 6) is -0.241. The predicted molar refractivity (Wildman–Crippen MR) is 101 cm³/mol. The Hall–Kier alpha value is -2.46. The zero-order valence-electron chi connectivity index (χ0n) is 15.6. The molecule has 2 aromatic rings. The van der Waals surface area contributed by atoms with Crippen LogP contribution in [0.25, 0.3) is 0 Å². The van der Waals surface area contributed by atoms with Gasteiger partial charge in [0.1, 0.15) is 5.82 Å². The van der Waals surface area contributed by atoms with Gasteiger partial charge in [0.15, 0.2) is 0 Å². The van der Waals surface area contributed by atoms with Crippen molar-refractivity contribution >= 4 is 21.7 Å². The highest BCUT2D eigenvalue weighted by atomic mass is 32.2. The maximum atomic E-state index is 13.1. The SMILES string of the molecule is Cc1ccc(S(=O)(=O)N2CCC(C(=O)Nc3ccccn3)CC2)cc1C(F)(F)F. The van der Waals surface area contributed by atoms with Crippen molar-refractivity contribution < 1.29 is 26.4 Å². The Morgan fingerprint density at radius 2 is 1.86 bits per heavy atom. The molecule has 1 amide bonds. The van der Waals surface area contributed by atoms with Gasteiger partial charge in [-0.05, 0) is 49.6 Å². The van der Waals surface area contributed by atoms with Crippen molar-refractivity contribution in [1.82, 2.24) is 9.29 Å². The number of sulfonamides is 1. The van der Waals surface area contributed by atoms with Crippen molar-refractivity contribution in [3.63, 3.8) is 0 Å². The van der Waals surface area contributed by atoms with E-state index in [0.717, 1.165) is 10.4 Å². The van der Waals surface area contributed by atoms with Crippen LogP contribution in [0.4, 0.5) is 19.0 Å². The van der Waals surface area contributed by atoms with Crippen molar-refractivity contribution in [3.05, 3.63) is 53.7 Å². The fourth-order valence-corrected chi connectivity index (χ4v) is 4.74. The van der Waals surface area contributed by atoms with Crippen LogP contribution in [0.3, 0.4) is 0 Å². The summed E-state index contributed by atoms with van der Waals surface area (Å²) in [5, 5.41) is 2.68. The molecule has 10 heteroatoms. The highest BCUT2D eigenvalue weighted by Crippen LogP contribution is 2.34. The average Bonchev–Trinajstić information content (AvgIpc) is 2.68. The third kappa shape index (κ3) is 4.76. The lowest BCUT2D eigenvalue weighted by atomic mass is 9.97. The molecule has 0 unspecified atom stereocenters. The molecule has 2 heterocycles. The van der Waals surface area contributed by atoms with Crippen molar-refractivity contribution in [2.45, 2.75) is 30.8 Å². The maximum Gasteiger partial charge on any atom is 0.416 e. The van der Waals surface area contributed by atoms with Gasteiger partial charge in [0, 0.05) is 25.2 Å². The molecule has 1 aliphatic heterocycles. The normalized spacial score (nSPS) is 16.6. The number of alkyl halides is 3. The number of piperidine rings is 1. The molecule has 0 bridgehead atoms. The topological polar surface area (TPSA) is 79.4 Å². The summed E-state index contributed by atoms with van der Waals surface area (Å²) in [4.78, 5) is 16.0. The summed E-state index contributed by atoms with van der Waals surface area (Å²) in [7, 11) is -4.08. The largest absolute Gasteiger partial charge is 0.416 e. The van der Waals surface area contributed by atoms with Gasteiger partial charge in [0.2, 0.25) is 15.9 Å². The molecule has 6 nitrogen and oxygen atoms in total. The Morgan fingerprint density at radius 1 is 1.17 bits per heavy atom. The molecule has 3 rings (SSSR count). The van der Waals surface area contributed by atoms with E-state index in [1.807, 2.05) is 0 Å². The van der Waals surface area contributed by atoms with E-state index in [9.17, 15) is 26.4 Å². The third-order valence-corrected chi connectivity index (χ3v) is 6.79. The monoisotopic (exact) mass is 427 g/mol. The standard InChI is InChI=1S/C19H20F3N3O3S/c1-13-5-6-15(12-16(13)19(20,21)22)29(27,28)25-10-7-14(8-11-25)18(26)24-17-4-2-3-9-23-17/h2-6,9,12,14H,7-8,10-11H2,1H3,(H,23,24,26). The summed E-state index contributed by atoms with van der Waals surface area (Å²) in [6.07, 6.45) is -2.54. The van der Waals surface area contributed by atoms with Crippen molar-refractivity contribution in [3.8, 4) is 0 Å². The van der Waals surface area contributed by atoms with Gasteiger partial charge in [-0.2, -0.15) is 17.5 Å². The Morgan fingerprint density at radius 3 is 2.45 bits per heavy atom. The number of aryl methyl sites for hydroxylation is 1. The van der Waals surface area contributed by atoms with Gasteiger partial charge in [0.25, 0.3) is 0 Å². The second-order valence-corrected chi connectivity index (χ2v) is 8.80. The Balaban J connectivity index is 1.69. The molecule has 1 aliphatic rings. The molecule has 29 heavy (non-hydrogen) atoms. The van der Waals surface area contributed by atoms with Crippen LogP contribution in [-0.2, 0) is 21.0 Å². The second kappa shape index (κ2) is 8.11. The summed E-state index contributed by atoms with van der Waals surface area (Å²) >= 11 is 0. The lowest BCUT2D eigenvalue weighted by Gasteiger charge is -2.30. The highest BCUT2D eigenvalue weighted by Gasteiger charge is 2.36. The summed E-state index contributed by atoms with van der Waals surface area (Å²) in [6, 6.07) is 8.10. The zero-order valence-corrected chi connectivity index (χ0v) is 16.4. The van der Waals surface area contributed by atoms with Crippen molar-refractivity contribution in [1.29, 1.82) is 0 Å². The molecule has 0 saturated carbocycles. The van der Waals surface area contributed by atoms with Crippen molar-refractivity contribution in [2.24, 2.45) is 5.92 Å². The number of hydrogen-bond donors (Lipinski definition) is 1. The first-order valence-electron chi connectivity index (χ1n) is 8.99. The minimum Gasteiger partial charge on any atom is -0.310 e. The number of carbonyl (C=O) groups is 1. The molecule has 1 fully saturated rings. The van der Waals surface area contributed by atoms with E-state index >= 15 is 0 Å². The first-order chi connectivity index (χ1) is 13.6. The lowest BCUT2D eigenvalue weighted by molar-refractivity contribution is -0.138. The Kier molecular flexibility index (Phi) is 5.95. The van der Waals surface area contributed by atoms with Gasteiger partial charge in [0.05, 0.1) is 10.5 Å². The van der Waals surface area contributed by atoms with Gasteiger partial charge in [-0.1, -0.05) is 12.1 Å². The van der Waals surface area contributed by atoms with Crippen LogP contribution in [-0.4, -0.2) is 36.7 Å². The first-order valence-corrected chi connectivity index (χ1v) is 10.4. The number of nitrogens with one attached hydrogen (secondary N) is 1. The van der Waals surface area contributed by atoms with Crippen LogP contribution in [0, 0.1) is 12.8 Å². The van der Waals surface area contributed by atoms with Crippen LogP contribution in [0.1, 0.15) is 24.0 Å². The van der Waals surface area contributed by atoms with E-state index < -0.39 is 32.6 Å². The molecular formula is C19H20F3N3O3S. The molecule has 1 N–H and O–H groups in total. The minimum atomic E-state index is -4.63. The van der Waals surface area contributed by atoms with Gasteiger partial charge in [-0.3, -0.25) is 4.79 Å². The molecule has 0 radical (unpaired) electrons. The average molecular weight is 427 g/mol. The van der Waals surface area contributed by atoms with Crippen LogP contribution < -0.4 is 5.32 Å². The van der Waals surface area contributed by atoms with E-state index in [1.54, 1.807) is 24.4 Å². The number of nitrogens with zero attached hydrogens (tertiary/aromatic N) is 2. The highest BCUT2D eigenvalue weighted by molar-refractivity contribution is 7.89. The minimum absolute atomic E-state index is 0.0404. The Bertz CT molecular complexity index is 987. The number of anilines is 1. The molecule has 1 saturated heterocycles. The van der Waals surface area contributed by atoms with Gasteiger partial charge >= 0.3 is 6.18 Å². The van der Waals surface area contributed by atoms with Crippen molar-refractivity contribution in [2.75, 3.05) is 18.4 Å². The molecule has 0 aliphatic carbocycles. The van der Waals surface area contributed by atoms with Crippen LogP contribution in [0.15, 0.2) is 47.5 Å². The fourth-order valence-electron chi connectivity index (χ4n) is 3.24.